The first kappa shape index (κ1) is 13.6. The number of carbonyl (C=O) groups excluding carboxylic acids is 1. The lowest BCUT2D eigenvalue weighted by atomic mass is 10.2. The summed E-state index contributed by atoms with van der Waals surface area (Å²) in [7, 11) is 0. The zero-order valence-electron chi connectivity index (χ0n) is 11.4. The summed E-state index contributed by atoms with van der Waals surface area (Å²) in [6.07, 6.45) is 7.68. The summed E-state index contributed by atoms with van der Waals surface area (Å²) in [4.78, 5) is 15.8. The summed E-state index contributed by atoms with van der Waals surface area (Å²) in [5.74, 6) is 0.00862. The molecule has 3 aromatic rings. The van der Waals surface area contributed by atoms with Crippen LogP contribution in [-0.4, -0.2) is 32.0 Å². The first-order chi connectivity index (χ1) is 10.8. The molecule has 0 aliphatic rings. The van der Waals surface area contributed by atoms with E-state index in [0.29, 0.717) is 11.3 Å². The minimum absolute atomic E-state index is 0.403. The van der Waals surface area contributed by atoms with Crippen molar-refractivity contribution < 1.29 is 9.53 Å². The van der Waals surface area contributed by atoms with E-state index >= 15 is 0 Å². The Labute approximate surface area is 125 Å². The fourth-order valence-corrected chi connectivity index (χ4v) is 1.66. The third kappa shape index (κ3) is 3.40. The van der Waals surface area contributed by atoms with E-state index in [0.717, 1.165) is 5.56 Å². The van der Waals surface area contributed by atoms with Crippen LogP contribution in [0.5, 0.6) is 5.75 Å². The zero-order chi connectivity index (χ0) is 15.2. The van der Waals surface area contributed by atoms with Crippen molar-refractivity contribution in [3.05, 3.63) is 72.6 Å². The molecule has 2 heterocycles. The SMILES string of the molecule is O=C(Oc1ccc(C=Nn2cnnc2)cc1)c1cccnc1. The number of nitrogens with zero attached hydrogens (tertiary/aromatic N) is 5. The smallest absolute Gasteiger partial charge is 0.345 e. The van der Waals surface area contributed by atoms with Crippen LogP contribution in [0.25, 0.3) is 0 Å². The van der Waals surface area contributed by atoms with Gasteiger partial charge in [0.05, 0.1) is 11.8 Å². The number of aromatic nitrogens is 4. The van der Waals surface area contributed by atoms with Crippen LogP contribution in [0.2, 0.25) is 0 Å². The van der Waals surface area contributed by atoms with Crippen LogP contribution in [0.4, 0.5) is 0 Å². The number of hydrogen-bond donors (Lipinski definition) is 0. The Morgan fingerprint density at radius 3 is 2.59 bits per heavy atom. The van der Waals surface area contributed by atoms with E-state index in [9.17, 15) is 4.79 Å². The van der Waals surface area contributed by atoms with E-state index in [2.05, 4.69) is 20.3 Å². The standard InChI is InChI=1S/C15H11N5O2/c21-15(13-2-1-7-16-9-13)22-14-5-3-12(4-6-14)8-19-20-10-17-18-11-20/h1-11H. The molecule has 108 valence electrons. The average molecular weight is 293 g/mol. The van der Waals surface area contributed by atoms with Crippen LogP contribution in [0.3, 0.4) is 0 Å². The quantitative estimate of drug-likeness (QED) is 0.416. The number of benzene rings is 1. The van der Waals surface area contributed by atoms with Gasteiger partial charge < -0.3 is 4.74 Å². The highest BCUT2D eigenvalue weighted by molar-refractivity contribution is 5.90. The van der Waals surface area contributed by atoms with Gasteiger partial charge in [-0.15, -0.1) is 10.2 Å². The minimum atomic E-state index is -0.445. The van der Waals surface area contributed by atoms with Crippen LogP contribution in [-0.2, 0) is 0 Å². The molecule has 0 atom stereocenters. The van der Waals surface area contributed by atoms with Crippen molar-refractivity contribution in [2.45, 2.75) is 0 Å². The van der Waals surface area contributed by atoms with Gasteiger partial charge in [0.25, 0.3) is 0 Å². The predicted molar refractivity (Wildman–Crippen MR) is 78.7 cm³/mol. The molecule has 0 fully saturated rings. The van der Waals surface area contributed by atoms with Crippen LogP contribution < -0.4 is 4.74 Å². The Kier molecular flexibility index (Phi) is 3.96. The van der Waals surface area contributed by atoms with Gasteiger partial charge in [-0.1, -0.05) is 0 Å². The minimum Gasteiger partial charge on any atom is -0.423 e. The molecule has 0 radical (unpaired) electrons. The molecule has 1 aromatic carbocycles. The zero-order valence-corrected chi connectivity index (χ0v) is 11.4. The van der Waals surface area contributed by atoms with Crippen LogP contribution in [0.1, 0.15) is 15.9 Å². The van der Waals surface area contributed by atoms with Gasteiger partial charge in [0.2, 0.25) is 0 Å². The molecule has 0 bridgehead atoms. The van der Waals surface area contributed by atoms with E-state index in [1.807, 2.05) is 0 Å². The molecular weight excluding hydrogens is 282 g/mol. The van der Waals surface area contributed by atoms with Gasteiger partial charge in [-0.25, -0.2) is 9.47 Å². The molecule has 0 N–H and O–H groups in total. The Morgan fingerprint density at radius 2 is 1.91 bits per heavy atom. The van der Waals surface area contributed by atoms with Gasteiger partial charge >= 0.3 is 5.97 Å². The van der Waals surface area contributed by atoms with Crippen LogP contribution in [0, 0.1) is 0 Å². The Balaban J connectivity index is 1.65. The third-order valence-corrected chi connectivity index (χ3v) is 2.73. The monoisotopic (exact) mass is 293 g/mol. The van der Waals surface area contributed by atoms with Crippen molar-refractivity contribution in [1.29, 1.82) is 0 Å². The van der Waals surface area contributed by atoms with Gasteiger partial charge in [0.15, 0.2) is 0 Å². The van der Waals surface area contributed by atoms with E-state index in [1.54, 1.807) is 48.8 Å². The fraction of sp³-hybridized carbons (Fsp3) is 0. The molecule has 7 heteroatoms. The van der Waals surface area contributed by atoms with Gasteiger partial charge in [0.1, 0.15) is 18.4 Å². The lowest BCUT2D eigenvalue weighted by Gasteiger charge is -2.04. The maximum Gasteiger partial charge on any atom is 0.345 e. The van der Waals surface area contributed by atoms with E-state index in [-0.39, 0.29) is 0 Å². The normalized spacial score (nSPS) is 10.7. The van der Waals surface area contributed by atoms with E-state index in [4.69, 9.17) is 4.74 Å². The Morgan fingerprint density at radius 1 is 1.14 bits per heavy atom. The Hall–Kier alpha value is -3.35. The van der Waals surface area contributed by atoms with Gasteiger partial charge in [0, 0.05) is 12.4 Å². The number of carbonyl (C=O) groups is 1. The van der Waals surface area contributed by atoms with Crippen molar-refractivity contribution in [3.8, 4) is 5.75 Å². The maximum absolute atomic E-state index is 11.9. The summed E-state index contributed by atoms with van der Waals surface area (Å²) in [5.41, 5.74) is 1.26. The number of esters is 1. The number of hydrogen-bond acceptors (Lipinski definition) is 6. The fourth-order valence-electron chi connectivity index (χ4n) is 1.66. The summed E-state index contributed by atoms with van der Waals surface area (Å²) in [6.45, 7) is 0. The van der Waals surface area contributed by atoms with Crippen molar-refractivity contribution in [2.75, 3.05) is 0 Å². The highest BCUT2D eigenvalue weighted by Gasteiger charge is 2.07. The molecule has 22 heavy (non-hydrogen) atoms. The first-order valence-corrected chi connectivity index (χ1v) is 6.42. The molecule has 7 nitrogen and oxygen atoms in total. The topological polar surface area (TPSA) is 82.3 Å². The highest BCUT2D eigenvalue weighted by atomic mass is 16.5. The molecule has 0 aliphatic carbocycles. The predicted octanol–water partition coefficient (Wildman–Crippen LogP) is 1.77. The molecule has 0 amide bonds. The molecular formula is C15H11N5O2. The van der Waals surface area contributed by atoms with Crippen molar-refractivity contribution in [3.63, 3.8) is 0 Å². The highest BCUT2D eigenvalue weighted by Crippen LogP contribution is 2.13. The second kappa shape index (κ2) is 6.40. The first-order valence-electron chi connectivity index (χ1n) is 6.42. The lowest BCUT2D eigenvalue weighted by molar-refractivity contribution is 0.0734. The largest absolute Gasteiger partial charge is 0.423 e. The molecule has 0 saturated carbocycles. The summed E-state index contributed by atoms with van der Waals surface area (Å²) >= 11 is 0. The van der Waals surface area contributed by atoms with Crippen molar-refractivity contribution in [1.82, 2.24) is 19.9 Å². The molecule has 0 aliphatic heterocycles. The summed E-state index contributed by atoms with van der Waals surface area (Å²) < 4.78 is 6.74. The maximum atomic E-state index is 11.9. The van der Waals surface area contributed by atoms with E-state index in [1.165, 1.54) is 23.5 Å². The average Bonchev–Trinajstić information content (AvgIpc) is 3.08. The van der Waals surface area contributed by atoms with Crippen LogP contribution >= 0.6 is 0 Å². The summed E-state index contributed by atoms with van der Waals surface area (Å²) in [5, 5.41) is 11.4. The molecule has 0 unspecified atom stereocenters. The van der Waals surface area contributed by atoms with Crippen molar-refractivity contribution >= 4 is 12.2 Å². The number of rotatable bonds is 4. The van der Waals surface area contributed by atoms with Gasteiger partial charge in [-0.05, 0) is 42.0 Å². The van der Waals surface area contributed by atoms with Gasteiger partial charge in [-0.2, -0.15) is 5.10 Å². The van der Waals surface area contributed by atoms with Crippen LogP contribution in [0.15, 0.2) is 66.5 Å². The molecule has 3 rings (SSSR count). The number of pyridine rings is 1. The second-order valence-electron chi connectivity index (χ2n) is 4.29. The van der Waals surface area contributed by atoms with E-state index < -0.39 is 5.97 Å². The summed E-state index contributed by atoms with van der Waals surface area (Å²) in [6, 6.07) is 10.3. The lowest BCUT2D eigenvalue weighted by Crippen LogP contribution is -2.08. The van der Waals surface area contributed by atoms with Crippen molar-refractivity contribution in [2.24, 2.45) is 5.10 Å². The Bertz CT molecular complexity index is 767. The van der Waals surface area contributed by atoms with Gasteiger partial charge in [-0.3, -0.25) is 4.98 Å². The second-order valence-corrected chi connectivity index (χ2v) is 4.29. The molecule has 0 spiro atoms. The number of ether oxygens (including phenoxy) is 1. The molecule has 2 aromatic heterocycles. The third-order valence-electron chi connectivity index (χ3n) is 2.73. The molecule has 0 saturated heterocycles.